The first-order valence-corrected chi connectivity index (χ1v) is 8.20. The Labute approximate surface area is 143 Å². The fourth-order valence-corrected chi connectivity index (χ4v) is 3.15. The molecule has 4 aromatic rings. The number of fused-ring (bicyclic) bond motifs is 1. The van der Waals surface area contributed by atoms with Crippen LogP contribution in [0.15, 0.2) is 54.3 Å². The molecule has 4 heterocycles. The van der Waals surface area contributed by atoms with Crippen molar-refractivity contribution in [3.05, 3.63) is 59.9 Å². The van der Waals surface area contributed by atoms with Gasteiger partial charge in [-0.1, -0.05) is 6.07 Å². The fourth-order valence-electron chi connectivity index (χ4n) is 2.46. The second-order valence-corrected chi connectivity index (χ2v) is 6.23. The number of hydrogen-bond acceptors (Lipinski definition) is 5. The van der Waals surface area contributed by atoms with Gasteiger partial charge in [0, 0.05) is 35.2 Å². The van der Waals surface area contributed by atoms with Crippen LogP contribution in [-0.2, 0) is 6.54 Å². The van der Waals surface area contributed by atoms with Crippen molar-refractivity contribution in [1.82, 2.24) is 14.6 Å². The second kappa shape index (κ2) is 5.97. The maximum Gasteiger partial charge on any atom is 0.227 e. The van der Waals surface area contributed by atoms with E-state index in [0.717, 1.165) is 26.7 Å². The van der Waals surface area contributed by atoms with E-state index in [9.17, 15) is 5.21 Å². The summed E-state index contributed by atoms with van der Waals surface area (Å²) in [7, 11) is 5.99. The van der Waals surface area contributed by atoms with Crippen LogP contribution >= 0.6 is 11.3 Å². The van der Waals surface area contributed by atoms with Crippen molar-refractivity contribution < 1.29 is 9.94 Å². The Morgan fingerprint density at radius 2 is 2.25 bits per heavy atom. The number of pyridine rings is 1. The summed E-state index contributed by atoms with van der Waals surface area (Å²) in [6.07, 6.45) is 4.80. The van der Waals surface area contributed by atoms with Gasteiger partial charge in [-0.3, -0.25) is 5.21 Å². The molecule has 0 saturated carbocycles. The van der Waals surface area contributed by atoms with Crippen LogP contribution in [-0.4, -0.2) is 27.7 Å². The van der Waals surface area contributed by atoms with Crippen LogP contribution in [0.2, 0.25) is 0 Å². The molecule has 0 atom stereocenters. The molecule has 0 aromatic carbocycles. The van der Waals surface area contributed by atoms with Gasteiger partial charge in [-0.05, 0) is 23.0 Å². The predicted octanol–water partition coefficient (Wildman–Crippen LogP) is 1.39. The zero-order valence-corrected chi connectivity index (χ0v) is 13.4. The van der Waals surface area contributed by atoms with Gasteiger partial charge in [-0.2, -0.15) is 9.61 Å². The lowest BCUT2D eigenvalue weighted by atomic mass is 10.0. The van der Waals surface area contributed by atoms with Crippen molar-refractivity contribution in [1.29, 1.82) is 0 Å². The first kappa shape index (κ1) is 14.7. The lowest BCUT2D eigenvalue weighted by molar-refractivity contribution is -0.905. The van der Waals surface area contributed by atoms with Gasteiger partial charge in [-0.15, -0.1) is 11.3 Å². The minimum absolute atomic E-state index is 0.532. The summed E-state index contributed by atoms with van der Waals surface area (Å²) >= 11 is 1.62. The lowest BCUT2D eigenvalue weighted by Crippen LogP contribution is -2.29. The molecule has 24 heavy (non-hydrogen) atoms. The summed E-state index contributed by atoms with van der Waals surface area (Å²) in [4.78, 5) is 5.67. The van der Waals surface area contributed by atoms with Crippen LogP contribution in [0.1, 0.15) is 5.56 Å². The SMILES string of the molecule is [B]c1cnn2c(NCc3ccc[n+](O)c3)cc(-c3cccs3)nc12. The number of aromatic nitrogens is 4. The minimum atomic E-state index is 0.532. The minimum Gasteiger partial charge on any atom is -0.366 e. The van der Waals surface area contributed by atoms with Crippen molar-refractivity contribution in [2.75, 3.05) is 5.32 Å². The third-order valence-electron chi connectivity index (χ3n) is 3.59. The average molecular weight is 334 g/mol. The highest BCUT2D eigenvalue weighted by atomic mass is 32.1. The highest BCUT2D eigenvalue weighted by molar-refractivity contribution is 7.13. The van der Waals surface area contributed by atoms with Crippen molar-refractivity contribution in [3.63, 3.8) is 0 Å². The molecule has 2 radical (unpaired) electrons. The smallest absolute Gasteiger partial charge is 0.227 e. The van der Waals surface area contributed by atoms with Crippen LogP contribution < -0.4 is 15.5 Å². The van der Waals surface area contributed by atoms with E-state index in [1.165, 1.54) is 0 Å². The molecule has 8 heteroatoms. The summed E-state index contributed by atoms with van der Waals surface area (Å²) in [5, 5.41) is 19.1. The Bertz CT molecular complexity index is 999. The Hall–Kier alpha value is -2.87. The third-order valence-corrected chi connectivity index (χ3v) is 4.49. The molecule has 0 unspecified atom stereocenters. The van der Waals surface area contributed by atoms with Crippen LogP contribution in [0.5, 0.6) is 0 Å². The van der Waals surface area contributed by atoms with E-state index >= 15 is 0 Å². The largest absolute Gasteiger partial charge is 0.366 e. The van der Waals surface area contributed by atoms with Gasteiger partial charge in [0.2, 0.25) is 12.4 Å². The number of thiophene rings is 1. The van der Waals surface area contributed by atoms with Crippen LogP contribution in [0.25, 0.3) is 16.2 Å². The molecule has 6 nitrogen and oxygen atoms in total. The maximum atomic E-state index is 9.50. The van der Waals surface area contributed by atoms with E-state index in [1.54, 1.807) is 40.5 Å². The number of anilines is 1. The van der Waals surface area contributed by atoms with E-state index < -0.39 is 0 Å². The van der Waals surface area contributed by atoms with Crippen molar-refractivity contribution in [2.45, 2.75) is 6.54 Å². The Morgan fingerprint density at radius 1 is 1.33 bits per heavy atom. The summed E-state index contributed by atoms with van der Waals surface area (Å²) in [6, 6.07) is 9.66. The molecule has 0 amide bonds. The molecule has 0 aliphatic rings. The molecule has 0 fully saturated rings. The highest BCUT2D eigenvalue weighted by Crippen LogP contribution is 2.25. The van der Waals surface area contributed by atoms with E-state index in [4.69, 9.17) is 7.85 Å². The Morgan fingerprint density at radius 3 is 3.04 bits per heavy atom. The predicted molar refractivity (Wildman–Crippen MR) is 92.8 cm³/mol. The molecule has 2 N–H and O–H groups in total. The molecule has 0 bridgehead atoms. The summed E-state index contributed by atoms with van der Waals surface area (Å²) in [6.45, 7) is 0.532. The monoisotopic (exact) mass is 334 g/mol. The molecule has 0 saturated heterocycles. The molecular formula is C16H13BN5OS+. The number of nitrogens with zero attached hydrogens (tertiary/aromatic N) is 4. The van der Waals surface area contributed by atoms with Crippen molar-refractivity contribution in [2.24, 2.45) is 0 Å². The molecule has 0 aliphatic carbocycles. The maximum absolute atomic E-state index is 9.50. The van der Waals surface area contributed by atoms with Gasteiger partial charge in [-0.25, -0.2) is 4.98 Å². The van der Waals surface area contributed by atoms with E-state index in [1.807, 2.05) is 29.6 Å². The van der Waals surface area contributed by atoms with E-state index in [0.29, 0.717) is 17.7 Å². The molecule has 4 aromatic heterocycles. The van der Waals surface area contributed by atoms with Gasteiger partial charge in [0.05, 0.1) is 10.6 Å². The normalized spacial score (nSPS) is 11.0. The molecule has 0 spiro atoms. The molecule has 116 valence electrons. The van der Waals surface area contributed by atoms with Gasteiger partial charge in [0.1, 0.15) is 13.7 Å². The number of nitrogens with one attached hydrogen (secondary N) is 1. The number of hydrogen-bond donors (Lipinski definition) is 2. The first-order valence-electron chi connectivity index (χ1n) is 7.32. The van der Waals surface area contributed by atoms with Crippen molar-refractivity contribution in [3.8, 4) is 10.6 Å². The summed E-state index contributed by atoms with van der Waals surface area (Å²) in [5.41, 5.74) is 2.93. The van der Waals surface area contributed by atoms with E-state index in [2.05, 4.69) is 15.4 Å². The molecule has 0 aliphatic heterocycles. The first-order chi connectivity index (χ1) is 11.7. The average Bonchev–Trinajstić information content (AvgIpc) is 3.23. The molecular weight excluding hydrogens is 321 g/mol. The quantitative estimate of drug-likeness (QED) is 0.336. The van der Waals surface area contributed by atoms with Crippen molar-refractivity contribution >= 4 is 36.1 Å². The van der Waals surface area contributed by atoms with Crippen LogP contribution in [0.4, 0.5) is 5.82 Å². The third kappa shape index (κ3) is 2.72. The zero-order valence-electron chi connectivity index (χ0n) is 12.6. The topological polar surface area (TPSA) is 66.3 Å². The molecule has 4 rings (SSSR count). The highest BCUT2D eigenvalue weighted by Gasteiger charge is 2.11. The van der Waals surface area contributed by atoms with Crippen LogP contribution in [0, 0.1) is 0 Å². The number of rotatable bonds is 4. The summed E-state index contributed by atoms with van der Waals surface area (Å²) < 4.78 is 2.71. The van der Waals surface area contributed by atoms with Gasteiger partial charge >= 0.3 is 0 Å². The fraction of sp³-hybridized carbons (Fsp3) is 0.0625. The summed E-state index contributed by atoms with van der Waals surface area (Å²) in [5.74, 6) is 0.786. The second-order valence-electron chi connectivity index (χ2n) is 5.29. The Kier molecular flexibility index (Phi) is 3.66. The van der Waals surface area contributed by atoms with Gasteiger partial charge in [0.25, 0.3) is 0 Å². The standard InChI is InChI=1S/C16H13BN5OS/c17-12-9-19-22-15(18-8-11-3-1-5-21(23)10-11)7-13(20-16(12)22)14-4-2-6-24-14/h1-7,9-10,18,23H,8H2/q+1. The lowest BCUT2D eigenvalue weighted by Gasteiger charge is -2.10. The Balaban J connectivity index is 1.73. The van der Waals surface area contributed by atoms with Gasteiger partial charge < -0.3 is 5.32 Å². The van der Waals surface area contributed by atoms with E-state index in [-0.39, 0.29) is 0 Å². The van der Waals surface area contributed by atoms with Crippen LogP contribution in [0.3, 0.4) is 0 Å². The van der Waals surface area contributed by atoms with Gasteiger partial charge in [0.15, 0.2) is 5.65 Å². The zero-order chi connectivity index (χ0) is 16.5.